The third-order valence-electron chi connectivity index (χ3n) is 6.50. The van der Waals surface area contributed by atoms with Crippen LogP contribution in [0.4, 0.5) is 4.79 Å². The Morgan fingerprint density at radius 1 is 0.972 bits per heavy atom. The average molecular weight is 494 g/mol. The first kappa shape index (κ1) is 22.3. The van der Waals surface area contributed by atoms with E-state index < -0.39 is 0 Å². The SMILES string of the molecule is CN(C)C(=O)n1cc(C(=O)c2ccn3c2CS[C@@H]3c2cccnc2)c2ccc(-c3cccnc3)cc21. The first-order valence-electron chi connectivity index (χ1n) is 11.6. The fraction of sp³-hybridized carbons (Fsp3) is 0.143. The van der Waals surface area contributed by atoms with Crippen LogP contribution in [0.15, 0.2) is 85.7 Å². The average Bonchev–Trinajstić information content (AvgIpc) is 3.62. The van der Waals surface area contributed by atoms with Gasteiger partial charge in [-0.2, -0.15) is 0 Å². The molecule has 0 unspecified atom stereocenters. The molecule has 0 radical (unpaired) electrons. The summed E-state index contributed by atoms with van der Waals surface area (Å²) in [5, 5.41) is 0.839. The van der Waals surface area contributed by atoms with Crippen LogP contribution in [0.2, 0.25) is 0 Å². The Balaban J connectivity index is 1.45. The monoisotopic (exact) mass is 493 g/mol. The van der Waals surface area contributed by atoms with Crippen molar-refractivity contribution >= 4 is 34.5 Å². The Morgan fingerprint density at radius 2 is 1.78 bits per heavy atom. The van der Waals surface area contributed by atoms with Gasteiger partial charge in [0.1, 0.15) is 5.37 Å². The molecule has 5 aromatic rings. The van der Waals surface area contributed by atoms with Gasteiger partial charge >= 0.3 is 6.03 Å². The van der Waals surface area contributed by atoms with E-state index in [9.17, 15) is 9.59 Å². The maximum atomic E-state index is 13.9. The van der Waals surface area contributed by atoms with Gasteiger partial charge in [0.25, 0.3) is 0 Å². The summed E-state index contributed by atoms with van der Waals surface area (Å²) in [6.45, 7) is 0. The molecular weight excluding hydrogens is 470 g/mol. The van der Waals surface area contributed by atoms with Crippen molar-refractivity contribution in [1.82, 2.24) is 24.0 Å². The highest BCUT2D eigenvalue weighted by Crippen LogP contribution is 2.42. The van der Waals surface area contributed by atoms with Crippen LogP contribution >= 0.6 is 11.8 Å². The van der Waals surface area contributed by atoms with Crippen molar-refractivity contribution < 1.29 is 9.59 Å². The first-order valence-corrected chi connectivity index (χ1v) is 12.6. The smallest absolute Gasteiger partial charge is 0.328 e. The Bertz CT molecular complexity index is 1610. The van der Waals surface area contributed by atoms with Gasteiger partial charge in [0, 0.05) is 90.4 Å². The summed E-state index contributed by atoms with van der Waals surface area (Å²) in [4.78, 5) is 36.9. The summed E-state index contributed by atoms with van der Waals surface area (Å²) in [5.74, 6) is 0.647. The van der Waals surface area contributed by atoms with Crippen LogP contribution in [0.3, 0.4) is 0 Å². The van der Waals surface area contributed by atoms with Crippen LogP contribution in [0.5, 0.6) is 0 Å². The molecule has 1 amide bonds. The molecule has 0 bridgehead atoms. The van der Waals surface area contributed by atoms with Crippen molar-refractivity contribution in [2.24, 2.45) is 0 Å². The highest BCUT2D eigenvalue weighted by atomic mass is 32.2. The van der Waals surface area contributed by atoms with E-state index in [0.717, 1.165) is 33.5 Å². The molecule has 36 heavy (non-hydrogen) atoms. The highest BCUT2D eigenvalue weighted by Gasteiger charge is 2.30. The number of thioether (sulfide) groups is 1. The minimum atomic E-state index is -0.211. The Labute approximate surface area is 212 Å². The van der Waals surface area contributed by atoms with E-state index in [1.54, 1.807) is 55.2 Å². The number of carbonyl (C=O) groups is 2. The number of hydrogen-bond acceptors (Lipinski definition) is 5. The van der Waals surface area contributed by atoms with E-state index in [4.69, 9.17) is 0 Å². The lowest BCUT2D eigenvalue weighted by atomic mass is 10.0. The predicted octanol–water partition coefficient (Wildman–Crippen LogP) is 5.45. The minimum Gasteiger partial charge on any atom is -0.333 e. The number of pyridine rings is 2. The number of rotatable bonds is 4. The van der Waals surface area contributed by atoms with Gasteiger partial charge in [-0.1, -0.05) is 24.3 Å². The summed E-state index contributed by atoms with van der Waals surface area (Å²) in [5.41, 5.74) is 5.85. The van der Waals surface area contributed by atoms with E-state index in [1.165, 1.54) is 4.90 Å². The third-order valence-corrected chi connectivity index (χ3v) is 7.76. The van der Waals surface area contributed by atoms with Crippen LogP contribution in [0, 0.1) is 0 Å². The lowest BCUT2D eigenvalue weighted by Gasteiger charge is -2.12. The summed E-state index contributed by atoms with van der Waals surface area (Å²) in [7, 11) is 3.41. The second-order valence-electron chi connectivity index (χ2n) is 8.93. The van der Waals surface area contributed by atoms with Gasteiger partial charge in [-0.25, -0.2) is 4.79 Å². The minimum absolute atomic E-state index is 0.0828. The molecule has 8 heteroatoms. The van der Waals surface area contributed by atoms with Gasteiger partial charge in [0.2, 0.25) is 0 Å². The van der Waals surface area contributed by atoms with Gasteiger partial charge in [-0.15, -0.1) is 11.8 Å². The van der Waals surface area contributed by atoms with Crippen LogP contribution < -0.4 is 0 Å². The van der Waals surface area contributed by atoms with E-state index >= 15 is 0 Å². The summed E-state index contributed by atoms with van der Waals surface area (Å²) in [6.07, 6.45) is 10.8. The van der Waals surface area contributed by atoms with Crippen molar-refractivity contribution in [1.29, 1.82) is 0 Å². The maximum Gasteiger partial charge on any atom is 0.328 e. The summed E-state index contributed by atoms with van der Waals surface area (Å²) >= 11 is 1.77. The molecule has 6 rings (SSSR count). The molecule has 1 aliphatic rings. The third kappa shape index (κ3) is 3.61. The molecule has 7 nitrogen and oxygen atoms in total. The molecule has 0 spiro atoms. The Kier molecular flexibility index (Phi) is 5.45. The lowest BCUT2D eigenvalue weighted by Crippen LogP contribution is -2.26. The van der Waals surface area contributed by atoms with Crippen LogP contribution in [0.1, 0.15) is 32.6 Å². The zero-order chi connectivity index (χ0) is 24.8. The molecule has 0 saturated heterocycles. The van der Waals surface area contributed by atoms with Gasteiger partial charge in [0.05, 0.1) is 5.52 Å². The zero-order valence-electron chi connectivity index (χ0n) is 19.8. The van der Waals surface area contributed by atoms with E-state index in [-0.39, 0.29) is 17.2 Å². The van der Waals surface area contributed by atoms with Gasteiger partial charge < -0.3 is 9.47 Å². The molecule has 5 heterocycles. The van der Waals surface area contributed by atoms with Crippen LogP contribution in [-0.4, -0.2) is 49.9 Å². The topological polar surface area (TPSA) is 73.0 Å². The van der Waals surface area contributed by atoms with Crippen molar-refractivity contribution in [2.45, 2.75) is 11.1 Å². The van der Waals surface area contributed by atoms with Gasteiger partial charge in [-0.05, 0) is 29.8 Å². The van der Waals surface area contributed by atoms with Crippen molar-refractivity contribution in [3.63, 3.8) is 0 Å². The number of ketones is 1. The molecule has 178 valence electrons. The first-order chi connectivity index (χ1) is 17.5. The summed E-state index contributed by atoms with van der Waals surface area (Å²) < 4.78 is 3.71. The molecule has 1 aromatic carbocycles. The van der Waals surface area contributed by atoms with Crippen LogP contribution in [-0.2, 0) is 5.75 Å². The molecule has 1 aliphatic heterocycles. The molecule has 0 saturated carbocycles. The number of amides is 1. The fourth-order valence-electron chi connectivity index (χ4n) is 4.72. The number of carbonyl (C=O) groups excluding carboxylic acids is 2. The van der Waals surface area contributed by atoms with E-state index in [1.807, 2.05) is 54.9 Å². The molecule has 1 atom stereocenters. The van der Waals surface area contributed by atoms with Gasteiger partial charge in [-0.3, -0.25) is 19.3 Å². The zero-order valence-corrected chi connectivity index (χ0v) is 20.6. The van der Waals surface area contributed by atoms with Crippen molar-refractivity contribution in [3.8, 4) is 11.1 Å². The van der Waals surface area contributed by atoms with E-state index in [0.29, 0.717) is 16.6 Å². The van der Waals surface area contributed by atoms with Crippen molar-refractivity contribution in [2.75, 3.05) is 14.1 Å². The standard InChI is InChI=1S/C28H23N5O2S/c1-31(2)28(35)33-16-23(21-8-7-18(13-24(21)33)19-5-3-10-29-14-19)26(34)22-9-12-32-25(22)17-36-27(32)20-6-4-11-30-15-20/h3-16,27H,17H2,1-2H3/t27-/m1/s1. The quantitative estimate of drug-likeness (QED) is 0.311. The number of fused-ring (bicyclic) bond motifs is 2. The van der Waals surface area contributed by atoms with E-state index in [2.05, 4.69) is 20.6 Å². The second-order valence-corrected chi connectivity index (χ2v) is 9.99. The Morgan fingerprint density at radius 3 is 2.50 bits per heavy atom. The Hall–Kier alpha value is -4.17. The lowest BCUT2D eigenvalue weighted by molar-refractivity contribution is 0.103. The fourth-order valence-corrected chi connectivity index (χ4v) is 6.03. The van der Waals surface area contributed by atoms with Gasteiger partial charge in [0.15, 0.2) is 5.78 Å². The largest absolute Gasteiger partial charge is 0.333 e. The maximum absolute atomic E-state index is 13.9. The second kappa shape index (κ2) is 8.80. The predicted molar refractivity (Wildman–Crippen MR) is 141 cm³/mol. The highest BCUT2D eigenvalue weighted by molar-refractivity contribution is 7.99. The van der Waals surface area contributed by atoms with Crippen molar-refractivity contribution in [3.05, 3.63) is 108 Å². The number of aromatic nitrogens is 4. The molecule has 0 fully saturated rings. The molecule has 0 N–H and O–H groups in total. The normalized spacial score (nSPS) is 14.7. The molecule has 0 aliphatic carbocycles. The number of hydrogen-bond donors (Lipinski definition) is 0. The number of nitrogens with zero attached hydrogens (tertiary/aromatic N) is 5. The summed E-state index contributed by atoms with van der Waals surface area (Å²) in [6, 6.07) is 15.4. The van der Waals surface area contributed by atoms with Crippen LogP contribution in [0.25, 0.3) is 22.0 Å². The number of benzene rings is 1. The molecular formula is C28H23N5O2S. The molecule has 4 aromatic heterocycles.